The Morgan fingerprint density at radius 1 is 1.04 bits per heavy atom. The number of aryl methyl sites for hydroxylation is 1. The third-order valence-electron chi connectivity index (χ3n) is 3.44. The summed E-state index contributed by atoms with van der Waals surface area (Å²) in [4.78, 5) is 28.4. The molecule has 0 aliphatic heterocycles. The quantitative estimate of drug-likeness (QED) is 0.589. The number of carbonyl (C=O) groups is 2. The van der Waals surface area contributed by atoms with Crippen LogP contribution in [0.1, 0.15) is 16.1 Å². The maximum absolute atomic E-state index is 12.3. The van der Waals surface area contributed by atoms with E-state index in [1.54, 1.807) is 29.6 Å². The Morgan fingerprint density at radius 2 is 1.81 bits per heavy atom. The Labute approximate surface area is 159 Å². The fourth-order valence-corrected chi connectivity index (χ4v) is 2.99. The van der Waals surface area contributed by atoms with E-state index in [1.165, 1.54) is 0 Å². The molecule has 3 rings (SSSR count). The van der Waals surface area contributed by atoms with Crippen LogP contribution in [0, 0.1) is 6.92 Å². The van der Waals surface area contributed by atoms with E-state index in [1.807, 2.05) is 31.2 Å². The lowest BCUT2D eigenvalue weighted by Gasteiger charge is -2.07. The second-order valence-corrected chi connectivity index (χ2v) is 6.69. The summed E-state index contributed by atoms with van der Waals surface area (Å²) in [5.74, 6) is -0.372. The van der Waals surface area contributed by atoms with Crippen molar-refractivity contribution in [1.29, 1.82) is 0 Å². The molecule has 0 radical (unpaired) electrons. The van der Waals surface area contributed by atoms with Crippen LogP contribution in [0.2, 0.25) is 5.02 Å². The summed E-state index contributed by atoms with van der Waals surface area (Å²) in [7, 11) is 0. The highest BCUT2D eigenvalue weighted by Gasteiger charge is 2.14. The zero-order chi connectivity index (χ0) is 18.5. The molecule has 0 saturated heterocycles. The SMILES string of the molecule is Cc1ccc(Cl)cc1NC(=O)c1csc(NC(=O)Nc2ccccc2)n1. The van der Waals surface area contributed by atoms with Crippen LogP contribution < -0.4 is 16.0 Å². The van der Waals surface area contributed by atoms with Crippen molar-refractivity contribution in [2.45, 2.75) is 6.92 Å². The van der Waals surface area contributed by atoms with Gasteiger partial charge in [0.2, 0.25) is 0 Å². The number of urea groups is 1. The van der Waals surface area contributed by atoms with E-state index in [0.29, 0.717) is 21.5 Å². The molecule has 8 heteroatoms. The molecule has 6 nitrogen and oxygen atoms in total. The number of benzene rings is 2. The summed E-state index contributed by atoms with van der Waals surface area (Å²) in [6.45, 7) is 1.87. The van der Waals surface area contributed by atoms with Gasteiger partial charge in [0, 0.05) is 21.8 Å². The van der Waals surface area contributed by atoms with Crippen LogP contribution in [-0.2, 0) is 0 Å². The van der Waals surface area contributed by atoms with Gasteiger partial charge in [-0.1, -0.05) is 35.9 Å². The number of rotatable bonds is 4. The van der Waals surface area contributed by atoms with E-state index in [4.69, 9.17) is 11.6 Å². The molecule has 0 saturated carbocycles. The van der Waals surface area contributed by atoms with Gasteiger partial charge in [-0.15, -0.1) is 11.3 Å². The predicted molar refractivity (Wildman–Crippen MR) is 105 cm³/mol. The molecule has 26 heavy (non-hydrogen) atoms. The number of nitrogens with zero attached hydrogens (tertiary/aromatic N) is 1. The molecular formula is C18H15ClN4O2S. The lowest BCUT2D eigenvalue weighted by Crippen LogP contribution is -2.19. The first-order chi connectivity index (χ1) is 12.5. The van der Waals surface area contributed by atoms with Gasteiger partial charge < -0.3 is 10.6 Å². The molecule has 1 aromatic heterocycles. The first-order valence-corrected chi connectivity index (χ1v) is 8.93. The van der Waals surface area contributed by atoms with Gasteiger partial charge in [0.25, 0.3) is 5.91 Å². The zero-order valence-electron chi connectivity index (χ0n) is 13.7. The normalized spacial score (nSPS) is 10.2. The van der Waals surface area contributed by atoms with E-state index in [9.17, 15) is 9.59 Å². The second-order valence-electron chi connectivity index (χ2n) is 5.40. The Bertz CT molecular complexity index is 943. The lowest BCUT2D eigenvalue weighted by molar-refractivity contribution is 0.102. The van der Waals surface area contributed by atoms with Crippen LogP contribution in [0.15, 0.2) is 53.9 Å². The maximum atomic E-state index is 12.3. The van der Waals surface area contributed by atoms with Crippen LogP contribution in [0.25, 0.3) is 0 Å². The monoisotopic (exact) mass is 386 g/mol. The first-order valence-electron chi connectivity index (χ1n) is 7.67. The Balaban J connectivity index is 1.62. The number of carbonyl (C=O) groups excluding carboxylic acids is 2. The molecule has 0 aliphatic rings. The molecule has 0 unspecified atom stereocenters. The van der Waals surface area contributed by atoms with Crippen molar-refractivity contribution in [1.82, 2.24) is 4.98 Å². The number of hydrogen-bond donors (Lipinski definition) is 3. The molecule has 0 fully saturated rings. The number of para-hydroxylation sites is 1. The molecule has 0 atom stereocenters. The van der Waals surface area contributed by atoms with E-state index in [0.717, 1.165) is 16.9 Å². The van der Waals surface area contributed by atoms with Crippen molar-refractivity contribution >= 4 is 51.4 Å². The highest BCUT2D eigenvalue weighted by molar-refractivity contribution is 7.14. The minimum Gasteiger partial charge on any atom is -0.320 e. The summed E-state index contributed by atoms with van der Waals surface area (Å²) < 4.78 is 0. The van der Waals surface area contributed by atoms with E-state index < -0.39 is 6.03 Å². The summed E-state index contributed by atoms with van der Waals surface area (Å²) in [5, 5.41) is 10.5. The minimum atomic E-state index is -0.428. The molecule has 132 valence electrons. The molecule has 3 aromatic rings. The molecule has 3 amide bonds. The van der Waals surface area contributed by atoms with Crippen LogP contribution in [0.3, 0.4) is 0 Å². The topological polar surface area (TPSA) is 83.1 Å². The van der Waals surface area contributed by atoms with E-state index in [-0.39, 0.29) is 11.6 Å². The average Bonchev–Trinajstić information content (AvgIpc) is 3.07. The van der Waals surface area contributed by atoms with Gasteiger partial charge in [-0.2, -0.15) is 0 Å². The molecule has 0 bridgehead atoms. The molecule has 0 spiro atoms. The number of halogens is 1. The maximum Gasteiger partial charge on any atom is 0.325 e. The average molecular weight is 387 g/mol. The van der Waals surface area contributed by atoms with E-state index in [2.05, 4.69) is 20.9 Å². The zero-order valence-corrected chi connectivity index (χ0v) is 15.3. The lowest BCUT2D eigenvalue weighted by atomic mass is 10.2. The van der Waals surface area contributed by atoms with Crippen LogP contribution in [-0.4, -0.2) is 16.9 Å². The minimum absolute atomic E-state index is 0.212. The third-order valence-corrected chi connectivity index (χ3v) is 4.43. The standard InChI is InChI=1S/C18H15ClN4O2S/c1-11-7-8-12(19)9-14(11)21-16(24)15-10-26-18(22-15)23-17(25)20-13-5-3-2-4-6-13/h2-10H,1H3,(H,21,24)(H2,20,22,23,25). The highest BCUT2D eigenvalue weighted by atomic mass is 35.5. The van der Waals surface area contributed by atoms with Gasteiger partial charge in [0.15, 0.2) is 5.13 Å². The number of amides is 3. The number of aromatic nitrogens is 1. The summed E-state index contributed by atoms with van der Waals surface area (Å²) in [6, 6.07) is 13.9. The predicted octanol–water partition coefficient (Wildman–Crippen LogP) is 5.00. The second kappa shape index (κ2) is 7.99. The van der Waals surface area contributed by atoms with Gasteiger partial charge in [-0.05, 0) is 36.8 Å². The van der Waals surface area contributed by atoms with Crippen molar-refractivity contribution in [2.75, 3.05) is 16.0 Å². The van der Waals surface area contributed by atoms with Crippen molar-refractivity contribution in [3.63, 3.8) is 0 Å². The van der Waals surface area contributed by atoms with Crippen molar-refractivity contribution < 1.29 is 9.59 Å². The first kappa shape index (κ1) is 17.9. The van der Waals surface area contributed by atoms with Crippen LogP contribution in [0.5, 0.6) is 0 Å². The fourth-order valence-electron chi connectivity index (χ4n) is 2.13. The summed E-state index contributed by atoms with van der Waals surface area (Å²) in [6.07, 6.45) is 0. The Hall–Kier alpha value is -2.90. The number of nitrogens with one attached hydrogen (secondary N) is 3. The van der Waals surface area contributed by atoms with Crippen molar-refractivity contribution in [2.24, 2.45) is 0 Å². The molecule has 1 heterocycles. The van der Waals surface area contributed by atoms with Crippen LogP contribution >= 0.6 is 22.9 Å². The van der Waals surface area contributed by atoms with Crippen molar-refractivity contribution in [3.05, 3.63) is 70.2 Å². The fraction of sp³-hybridized carbons (Fsp3) is 0.0556. The summed E-state index contributed by atoms with van der Waals surface area (Å²) in [5.41, 5.74) is 2.38. The van der Waals surface area contributed by atoms with Gasteiger partial charge in [-0.25, -0.2) is 9.78 Å². The number of anilines is 3. The van der Waals surface area contributed by atoms with Gasteiger partial charge in [-0.3, -0.25) is 10.1 Å². The Kier molecular flexibility index (Phi) is 5.50. The largest absolute Gasteiger partial charge is 0.325 e. The molecule has 2 aromatic carbocycles. The van der Waals surface area contributed by atoms with Crippen LogP contribution in [0.4, 0.5) is 21.3 Å². The molecule has 0 aliphatic carbocycles. The molecule has 3 N–H and O–H groups in total. The van der Waals surface area contributed by atoms with Gasteiger partial charge >= 0.3 is 6.03 Å². The third kappa shape index (κ3) is 4.59. The number of hydrogen-bond acceptors (Lipinski definition) is 4. The van der Waals surface area contributed by atoms with Gasteiger partial charge in [0.05, 0.1) is 0 Å². The van der Waals surface area contributed by atoms with Crippen molar-refractivity contribution in [3.8, 4) is 0 Å². The molecular weight excluding hydrogens is 372 g/mol. The van der Waals surface area contributed by atoms with Gasteiger partial charge in [0.1, 0.15) is 5.69 Å². The smallest absolute Gasteiger partial charge is 0.320 e. The number of thiazole rings is 1. The summed E-state index contributed by atoms with van der Waals surface area (Å²) >= 11 is 7.12. The Morgan fingerprint density at radius 3 is 2.58 bits per heavy atom. The highest BCUT2D eigenvalue weighted by Crippen LogP contribution is 2.22. The van der Waals surface area contributed by atoms with E-state index >= 15 is 0 Å².